The number of rotatable bonds is 5. The molecule has 21 heavy (non-hydrogen) atoms. The molecule has 1 aliphatic rings. The van der Waals surface area contributed by atoms with Gasteiger partial charge in [0.15, 0.2) is 0 Å². The standard InChI is InChI=1S/C13H19N3O5/c17-7-8-21-10-1-4-15(5-2-10)12(19)9-16-6-3-11(18)14-13(16)20/h3,6,10,17H,1-2,4-5,7-9H2,(H,14,18,20). The van der Waals surface area contributed by atoms with E-state index >= 15 is 0 Å². The van der Waals surface area contributed by atoms with Crippen LogP contribution in [0.4, 0.5) is 0 Å². The van der Waals surface area contributed by atoms with Crippen molar-refractivity contribution in [2.45, 2.75) is 25.5 Å². The summed E-state index contributed by atoms with van der Waals surface area (Å²) in [6, 6.07) is 1.21. The molecule has 116 valence electrons. The summed E-state index contributed by atoms with van der Waals surface area (Å²) in [7, 11) is 0. The number of hydrogen-bond acceptors (Lipinski definition) is 5. The highest BCUT2D eigenvalue weighted by Crippen LogP contribution is 2.13. The molecule has 0 unspecified atom stereocenters. The second-order valence-corrected chi connectivity index (χ2v) is 4.91. The molecule has 0 radical (unpaired) electrons. The number of piperidine rings is 1. The van der Waals surface area contributed by atoms with Crippen LogP contribution in [0.3, 0.4) is 0 Å². The fourth-order valence-electron chi connectivity index (χ4n) is 2.31. The molecule has 0 atom stereocenters. The third kappa shape index (κ3) is 4.27. The molecule has 2 heterocycles. The van der Waals surface area contributed by atoms with Crippen molar-refractivity contribution < 1.29 is 14.6 Å². The van der Waals surface area contributed by atoms with E-state index in [1.807, 2.05) is 0 Å². The summed E-state index contributed by atoms with van der Waals surface area (Å²) < 4.78 is 6.61. The van der Waals surface area contributed by atoms with Gasteiger partial charge in [-0.25, -0.2) is 4.79 Å². The number of H-pyrrole nitrogens is 1. The lowest BCUT2D eigenvalue weighted by Gasteiger charge is -2.32. The van der Waals surface area contributed by atoms with Crippen LogP contribution >= 0.6 is 0 Å². The van der Waals surface area contributed by atoms with Gasteiger partial charge in [-0.3, -0.25) is 19.1 Å². The lowest BCUT2D eigenvalue weighted by molar-refractivity contribution is -0.134. The molecular formula is C13H19N3O5. The number of amides is 1. The molecule has 1 fully saturated rings. The molecule has 0 aliphatic carbocycles. The average Bonchev–Trinajstić information content (AvgIpc) is 2.48. The Balaban J connectivity index is 1.87. The van der Waals surface area contributed by atoms with E-state index in [2.05, 4.69) is 4.98 Å². The van der Waals surface area contributed by atoms with Gasteiger partial charge in [0.05, 0.1) is 19.3 Å². The van der Waals surface area contributed by atoms with Crippen molar-refractivity contribution in [3.63, 3.8) is 0 Å². The lowest BCUT2D eigenvalue weighted by atomic mass is 10.1. The Kier molecular flexibility index (Phi) is 5.29. The maximum Gasteiger partial charge on any atom is 0.328 e. The molecule has 8 nitrogen and oxygen atoms in total. The van der Waals surface area contributed by atoms with Gasteiger partial charge in [-0.1, -0.05) is 0 Å². The Hall–Kier alpha value is -1.93. The molecule has 2 rings (SSSR count). The summed E-state index contributed by atoms with van der Waals surface area (Å²) in [6.45, 7) is 1.34. The van der Waals surface area contributed by atoms with Crippen molar-refractivity contribution in [2.75, 3.05) is 26.3 Å². The third-order valence-electron chi connectivity index (χ3n) is 3.44. The largest absolute Gasteiger partial charge is 0.394 e. The number of aromatic nitrogens is 2. The first-order valence-corrected chi connectivity index (χ1v) is 6.90. The zero-order chi connectivity index (χ0) is 15.2. The van der Waals surface area contributed by atoms with Gasteiger partial charge in [-0.15, -0.1) is 0 Å². The van der Waals surface area contributed by atoms with Crippen molar-refractivity contribution in [1.29, 1.82) is 0 Å². The molecule has 0 bridgehead atoms. The van der Waals surface area contributed by atoms with Crippen molar-refractivity contribution in [1.82, 2.24) is 14.5 Å². The van der Waals surface area contributed by atoms with Gasteiger partial charge >= 0.3 is 5.69 Å². The van der Waals surface area contributed by atoms with E-state index < -0.39 is 11.2 Å². The number of hydrogen-bond donors (Lipinski definition) is 2. The second kappa shape index (κ2) is 7.19. The van der Waals surface area contributed by atoms with E-state index in [0.29, 0.717) is 32.5 Å². The van der Waals surface area contributed by atoms with Crippen molar-refractivity contribution in [2.24, 2.45) is 0 Å². The van der Waals surface area contributed by atoms with Crippen molar-refractivity contribution >= 4 is 5.91 Å². The van der Waals surface area contributed by atoms with Crippen LogP contribution in [-0.2, 0) is 16.1 Å². The molecular weight excluding hydrogens is 278 g/mol. The maximum atomic E-state index is 12.1. The van der Waals surface area contributed by atoms with E-state index in [1.165, 1.54) is 16.8 Å². The van der Waals surface area contributed by atoms with E-state index in [9.17, 15) is 14.4 Å². The van der Waals surface area contributed by atoms with Crippen LogP contribution in [0.25, 0.3) is 0 Å². The number of nitrogens with one attached hydrogen (secondary N) is 1. The smallest absolute Gasteiger partial charge is 0.328 e. The molecule has 1 aliphatic heterocycles. The lowest BCUT2D eigenvalue weighted by Crippen LogP contribution is -2.44. The van der Waals surface area contributed by atoms with Crippen LogP contribution in [0.15, 0.2) is 21.9 Å². The Bertz CT molecular complexity index is 586. The van der Waals surface area contributed by atoms with E-state index in [1.54, 1.807) is 4.90 Å². The molecule has 1 aromatic rings. The number of carbonyl (C=O) groups is 1. The first-order valence-electron chi connectivity index (χ1n) is 6.90. The van der Waals surface area contributed by atoms with E-state index in [0.717, 1.165) is 0 Å². The number of nitrogens with zero attached hydrogens (tertiary/aromatic N) is 2. The number of likely N-dealkylation sites (tertiary alicyclic amines) is 1. The fourth-order valence-corrected chi connectivity index (χ4v) is 2.31. The zero-order valence-electron chi connectivity index (χ0n) is 11.7. The predicted molar refractivity (Wildman–Crippen MR) is 74.0 cm³/mol. The molecule has 1 amide bonds. The average molecular weight is 297 g/mol. The predicted octanol–water partition coefficient (Wildman–Crippen LogP) is -1.46. The monoisotopic (exact) mass is 297 g/mol. The van der Waals surface area contributed by atoms with Gasteiger partial charge in [0.2, 0.25) is 5.91 Å². The summed E-state index contributed by atoms with van der Waals surface area (Å²) in [5, 5.41) is 8.70. The summed E-state index contributed by atoms with van der Waals surface area (Å²) >= 11 is 0. The van der Waals surface area contributed by atoms with Gasteiger partial charge in [0.25, 0.3) is 5.56 Å². The normalized spacial score (nSPS) is 16.1. The Labute approximate surface area is 121 Å². The highest BCUT2D eigenvalue weighted by atomic mass is 16.5. The van der Waals surface area contributed by atoms with Gasteiger partial charge in [0, 0.05) is 25.4 Å². The third-order valence-corrected chi connectivity index (χ3v) is 3.44. The molecule has 0 aromatic carbocycles. The maximum absolute atomic E-state index is 12.1. The summed E-state index contributed by atoms with van der Waals surface area (Å²) in [4.78, 5) is 38.4. The van der Waals surface area contributed by atoms with E-state index in [4.69, 9.17) is 9.84 Å². The van der Waals surface area contributed by atoms with Crippen LogP contribution in [-0.4, -0.2) is 57.9 Å². The highest BCUT2D eigenvalue weighted by molar-refractivity contribution is 5.76. The number of ether oxygens (including phenoxy) is 1. The van der Waals surface area contributed by atoms with Gasteiger partial charge in [-0.05, 0) is 12.8 Å². The van der Waals surface area contributed by atoms with Crippen molar-refractivity contribution in [3.05, 3.63) is 33.1 Å². The topological polar surface area (TPSA) is 105 Å². The van der Waals surface area contributed by atoms with Gasteiger partial charge in [0.1, 0.15) is 6.54 Å². The minimum atomic E-state index is -0.586. The Morgan fingerprint density at radius 2 is 2.10 bits per heavy atom. The van der Waals surface area contributed by atoms with Crippen LogP contribution in [0, 0.1) is 0 Å². The molecule has 0 spiro atoms. The molecule has 8 heteroatoms. The fraction of sp³-hybridized carbons (Fsp3) is 0.615. The van der Waals surface area contributed by atoms with Crippen LogP contribution in [0.5, 0.6) is 0 Å². The SMILES string of the molecule is O=C(Cn1ccc(=O)[nH]c1=O)N1CCC(OCCO)CC1. The highest BCUT2D eigenvalue weighted by Gasteiger charge is 2.23. The summed E-state index contributed by atoms with van der Waals surface area (Å²) in [6.07, 6.45) is 2.81. The minimum absolute atomic E-state index is 0.00568. The second-order valence-electron chi connectivity index (χ2n) is 4.91. The molecule has 0 saturated carbocycles. The first-order chi connectivity index (χ1) is 10.1. The Morgan fingerprint density at radius 3 is 2.71 bits per heavy atom. The Morgan fingerprint density at radius 1 is 1.38 bits per heavy atom. The van der Waals surface area contributed by atoms with Crippen LogP contribution in [0.2, 0.25) is 0 Å². The molecule has 1 saturated heterocycles. The van der Waals surface area contributed by atoms with Gasteiger partial charge in [-0.2, -0.15) is 0 Å². The van der Waals surface area contributed by atoms with Crippen molar-refractivity contribution in [3.8, 4) is 0 Å². The van der Waals surface area contributed by atoms with Crippen LogP contribution in [0.1, 0.15) is 12.8 Å². The number of aliphatic hydroxyl groups excluding tert-OH is 1. The minimum Gasteiger partial charge on any atom is -0.394 e. The summed E-state index contributed by atoms with van der Waals surface area (Å²) in [5.74, 6) is -0.162. The number of aliphatic hydroxyl groups is 1. The van der Waals surface area contributed by atoms with Crippen LogP contribution < -0.4 is 11.2 Å². The number of aromatic amines is 1. The first kappa shape index (κ1) is 15.5. The zero-order valence-corrected chi connectivity index (χ0v) is 11.7. The summed E-state index contributed by atoms with van der Waals surface area (Å²) in [5.41, 5.74) is -1.07. The quantitative estimate of drug-likeness (QED) is 0.691. The van der Waals surface area contributed by atoms with E-state index in [-0.39, 0.29) is 25.2 Å². The molecule has 2 N–H and O–H groups in total. The molecule has 1 aromatic heterocycles. The van der Waals surface area contributed by atoms with Gasteiger partial charge < -0.3 is 14.7 Å². The number of carbonyl (C=O) groups excluding carboxylic acids is 1.